The van der Waals surface area contributed by atoms with Crippen LogP contribution >= 0.6 is 0 Å². The first-order valence-electron chi connectivity index (χ1n) is 4.42. The molecular formula is C10H14O. The van der Waals surface area contributed by atoms with Crippen molar-refractivity contribution >= 4 is 0 Å². The Morgan fingerprint density at radius 1 is 1.55 bits per heavy atom. The fourth-order valence-electron chi connectivity index (χ4n) is 1.73. The third-order valence-corrected chi connectivity index (χ3v) is 2.34. The minimum atomic E-state index is 0.518. The minimum Gasteiger partial charge on any atom is -0.378 e. The zero-order valence-electron chi connectivity index (χ0n) is 6.75. The highest BCUT2D eigenvalue weighted by Crippen LogP contribution is 2.22. The van der Waals surface area contributed by atoms with Crippen LogP contribution in [-0.2, 0) is 4.74 Å². The Hall–Kier alpha value is -0.560. The maximum atomic E-state index is 5.54. The predicted molar refractivity (Wildman–Crippen MR) is 45.4 cm³/mol. The van der Waals surface area contributed by atoms with Crippen molar-refractivity contribution in [1.82, 2.24) is 0 Å². The van der Waals surface area contributed by atoms with Gasteiger partial charge < -0.3 is 4.74 Å². The van der Waals surface area contributed by atoms with E-state index in [0.29, 0.717) is 6.10 Å². The molecule has 1 heterocycles. The molecule has 0 spiro atoms. The van der Waals surface area contributed by atoms with Crippen LogP contribution in [0.5, 0.6) is 0 Å². The van der Waals surface area contributed by atoms with E-state index < -0.39 is 0 Å². The highest BCUT2D eigenvalue weighted by atomic mass is 16.5. The van der Waals surface area contributed by atoms with Gasteiger partial charge in [-0.25, -0.2) is 0 Å². The monoisotopic (exact) mass is 150 g/mol. The Bertz CT molecular complexity index is 185. The van der Waals surface area contributed by atoms with Gasteiger partial charge in [0, 0.05) is 6.61 Å². The third kappa shape index (κ3) is 1.72. The molecule has 11 heavy (non-hydrogen) atoms. The number of hydrogen-bond acceptors (Lipinski definition) is 1. The molecule has 1 fully saturated rings. The fourth-order valence-corrected chi connectivity index (χ4v) is 1.73. The maximum absolute atomic E-state index is 5.54. The molecule has 0 aromatic carbocycles. The van der Waals surface area contributed by atoms with Gasteiger partial charge in [-0.2, -0.15) is 0 Å². The van der Waals surface area contributed by atoms with Gasteiger partial charge in [0.1, 0.15) is 0 Å². The van der Waals surface area contributed by atoms with Crippen LogP contribution in [0.25, 0.3) is 0 Å². The SMILES string of the molecule is C1=CC(CC2CCCO2)=CC1. The summed E-state index contributed by atoms with van der Waals surface area (Å²) in [5, 5.41) is 0. The molecule has 1 heteroatoms. The predicted octanol–water partition coefficient (Wildman–Crippen LogP) is 2.44. The lowest BCUT2D eigenvalue weighted by Crippen LogP contribution is -2.04. The molecular weight excluding hydrogens is 136 g/mol. The Morgan fingerprint density at radius 2 is 2.55 bits per heavy atom. The highest BCUT2D eigenvalue weighted by molar-refractivity contribution is 5.26. The molecule has 2 rings (SSSR count). The summed E-state index contributed by atoms with van der Waals surface area (Å²) >= 11 is 0. The van der Waals surface area contributed by atoms with E-state index in [1.165, 1.54) is 18.4 Å². The molecule has 1 atom stereocenters. The van der Waals surface area contributed by atoms with Gasteiger partial charge in [-0.1, -0.05) is 18.2 Å². The second-order valence-corrected chi connectivity index (χ2v) is 3.26. The van der Waals surface area contributed by atoms with Crippen LogP contribution < -0.4 is 0 Å². The molecule has 0 amide bonds. The lowest BCUT2D eigenvalue weighted by molar-refractivity contribution is 0.112. The van der Waals surface area contributed by atoms with E-state index in [-0.39, 0.29) is 0 Å². The van der Waals surface area contributed by atoms with Crippen LogP contribution in [-0.4, -0.2) is 12.7 Å². The number of hydrogen-bond donors (Lipinski definition) is 0. The van der Waals surface area contributed by atoms with Crippen molar-refractivity contribution in [3.63, 3.8) is 0 Å². The Balaban J connectivity index is 1.84. The van der Waals surface area contributed by atoms with Crippen LogP contribution in [0.1, 0.15) is 25.7 Å². The lowest BCUT2D eigenvalue weighted by Gasteiger charge is -2.07. The van der Waals surface area contributed by atoms with E-state index in [1.807, 2.05) is 0 Å². The Morgan fingerprint density at radius 3 is 3.18 bits per heavy atom. The van der Waals surface area contributed by atoms with E-state index in [2.05, 4.69) is 18.2 Å². The topological polar surface area (TPSA) is 9.23 Å². The van der Waals surface area contributed by atoms with Crippen LogP contribution in [0.3, 0.4) is 0 Å². The summed E-state index contributed by atoms with van der Waals surface area (Å²) in [5.41, 5.74) is 1.47. The molecule has 2 aliphatic rings. The zero-order chi connectivity index (χ0) is 7.52. The molecule has 1 unspecified atom stereocenters. The zero-order valence-corrected chi connectivity index (χ0v) is 6.75. The van der Waals surface area contributed by atoms with Crippen molar-refractivity contribution in [2.75, 3.05) is 6.61 Å². The van der Waals surface area contributed by atoms with Crippen molar-refractivity contribution in [3.05, 3.63) is 23.8 Å². The third-order valence-electron chi connectivity index (χ3n) is 2.34. The Kier molecular flexibility index (Phi) is 2.08. The lowest BCUT2D eigenvalue weighted by atomic mass is 10.1. The molecule has 60 valence electrons. The van der Waals surface area contributed by atoms with E-state index in [9.17, 15) is 0 Å². The molecule has 1 nitrogen and oxygen atoms in total. The summed E-state index contributed by atoms with van der Waals surface area (Å²) in [6.45, 7) is 0.974. The molecule has 0 aromatic heterocycles. The molecule has 0 N–H and O–H groups in total. The van der Waals surface area contributed by atoms with E-state index >= 15 is 0 Å². The second-order valence-electron chi connectivity index (χ2n) is 3.26. The van der Waals surface area contributed by atoms with Gasteiger partial charge in [-0.05, 0) is 31.3 Å². The molecule has 0 bridgehead atoms. The van der Waals surface area contributed by atoms with Gasteiger partial charge in [0.25, 0.3) is 0 Å². The Labute approximate surface area is 67.7 Å². The van der Waals surface area contributed by atoms with Crippen LogP contribution in [0, 0.1) is 0 Å². The van der Waals surface area contributed by atoms with Gasteiger partial charge in [-0.15, -0.1) is 0 Å². The molecule has 1 saturated heterocycles. The summed E-state index contributed by atoms with van der Waals surface area (Å²) in [6, 6.07) is 0. The van der Waals surface area contributed by atoms with Gasteiger partial charge in [0.2, 0.25) is 0 Å². The van der Waals surface area contributed by atoms with E-state index in [1.54, 1.807) is 0 Å². The molecule has 1 aliphatic heterocycles. The molecule has 1 aliphatic carbocycles. The average Bonchev–Trinajstić information content (AvgIpc) is 2.60. The van der Waals surface area contributed by atoms with Crippen LogP contribution in [0.15, 0.2) is 23.8 Å². The first kappa shape index (κ1) is 7.11. The van der Waals surface area contributed by atoms with Gasteiger partial charge in [0.15, 0.2) is 0 Å². The molecule has 0 saturated carbocycles. The summed E-state index contributed by atoms with van der Waals surface area (Å²) in [7, 11) is 0. The van der Waals surface area contributed by atoms with Crippen molar-refractivity contribution < 1.29 is 4.74 Å². The first-order chi connectivity index (χ1) is 5.45. The minimum absolute atomic E-state index is 0.518. The van der Waals surface area contributed by atoms with Gasteiger partial charge in [0.05, 0.1) is 6.10 Å². The smallest absolute Gasteiger partial charge is 0.0616 e. The number of allylic oxidation sites excluding steroid dienone is 3. The fraction of sp³-hybridized carbons (Fsp3) is 0.600. The summed E-state index contributed by atoms with van der Waals surface area (Å²) in [4.78, 5) is 0. The van der Waals surface area contributed by atoms with Crippen LogP contribution in [0.4, 0.5) is 0 Å². The summed E-state index contributed by atoms with van der Waals surface area (Å²) in [6.07, 6.45) is 12.0. The average molecular weight is 150 g/mol. The van der Waals surface area contributed by atoms with Gasteiger partial charge in [-0.3, -0.25) is 0 Å². The quantitative estimate of drug-likeness (QED) is 0.587. The largest absolute Gasteiger partial charge is 0.378 e. The summed E-state index contributed by atoms with van der Waals surface area (Å²) < 4.78 is 5.54. The normalized spacial score (nSPS) is 29.5. The number of ether oxygens (including phenoxy) is 1. The second kappa shape index (κ2) is 3.22. The van der Waals surface area contributed by atoms with Crippen molar-refractivity contribution in [2.45, 2.75) is 31.8 Å². The van der Waals surface area contributed by atoms with Crippen molar-refractivity contribution in [2.24, 2.45) is 0 Å². The number of rotatable bonds is 2. The van der Waals surface area contributed by atoms with Gasteiger partial charge >= 0.3 is 0 Å². The van der Waals surface area contributed by atoms with E-state index in [4.69, 9.17) is 4.74 Å². The van der Waals surface area contributed by atoms with Crippen LogP contribution in [0.2, 0.25) is 0 Å². The standard InChI is InChI=1S/C10H14O/c1-2-5-9(4-1)8-10-6-3-7-11-10/h1,4-5,10H,2-3,6-8H2. The first-order valence-corrected chi connectivity index (χ1v) is 4.42. The summed E-state index contributed by atoms with van der Waals surface area (Å²) in [5.74, 6) is 0. The molecule has 0 radical (unpaired) electrons. The highest BCUT2D eigenvalue weighted by Gasteiger charge is 2.16. The molecule has 0 aromatic rings. The maximum Gasteiger partial charge on any atom is 0.0616 e. The van der Waals surface area contributed by atoms with E-state index in [0.717, 1.165) is 19.4 Å². The van der Waals surface area contributed by atoms with Crippen molar-refractivity contribution in [1.29, 1.82) is 0 Å². The van der Waals surface area contributed by atoms with Crippen molar-refractivity contribution in [3.8, 4) is 0 Å².